The lowest BCUT2D eigenvalue weighted by molar-refractivity contribution is 0.0949. The Kier molecular flexibility index (Phi) is 4.69. The van der Waals surface area contributed by atoms with Crippen molar-refractivity contribution in [1.82, 2.24) is 14.9 Å². The van der Waals surface area contributed by atoms with E-state index in [-0.39, 0.29) is 18.7 Å². The maximum absolute atomic E-state index is 13.3. The summed E-state index contributed by atoms with van der Waals surface area (Å²) >= 11 is 0. The summed E-state index contributed by atoms with van der Waals surface area (Å²) in [7, 11) is 1.81. The van der Waals surface area contributed by atoms with E-state index in [4.69, 9.17) is 5.11 Å². The molecule has 2 N–H and O–H groups in total. The lowest BCUT2D eigenvalue weighted by Crippen LogP contribution is -2.25. The van der Waals surface area contributed by atoms with E-state index in [0.717, 1.165) is 6.07 Å². The number of aliphatic hydroxyl groups is 1. The van der Waals surface area contributed by atoms with E-state index in [1.165, 1.54) is 12.1 Å². The third-order valence-corrected chi connectivity index (χ3v) is 2.86. The number of nitrogens with zero attached hydrogens (tertiary/aromatic N) is 2. The molecule has 0 aliphatic heterocycles. The zero-order chi connectivity index (χ0) is 15.2. The zero-order valence-corrected chi connectivity index (χ0v) is 11.4. The second-order valence-electron chi connectivity index (χ2n) is 4.29. The zero-order valence-electron chi connectivity index (χ0n) is 11.4. The summed E-state index contributed by atoms with van der Waals surface area (Å²) in [5.41, 5.74) is 0.493. The molecule has 1 aromatic carbocycles. The van der Waals surface area contributed by atoms with Gasteiger partial charge in [0.05, 0.1) is 12.1 Å². The topological polar surface area (TPSA) is 67.2 Å². The monoisotopic (exact) mass is 287 g/mol. The fourth-order valence-electron chi connectivity index (χ4n) is 1.77. The molecular weight excluding hydrogens is 273 g/mol. The van der Waals surface area contributed by atoms with E-state index in [2.05, 4.69) is 22.1 Å². The van der Waals surface area contributed by atoms with Crippen molar-refractivity contribution in [3.63, 3.8) is 0 Å². The number of carbonyl (C=O) groups is 1. The maximum Gasteiger partial charge on any atom is 0.253 e. The van der Waals surface area contributed by atoms with Gasteiger partial charge in [0.1, 0.15) is 18.2 Å². The van der Waals surface area contributed by atoms with Crippen LogP contribution in [-0.4, -0.2) is 27.2 Å². The van der Waals surface area contributed by atoms with Crippen LogP contribution in [0.5, 0.6) is 0 Å². The summed E-state index contributed by atoms with van der Waals surface area (Å²) < 4.78 is 15.1. The maximum atomic E-state index is 13.3. The lowest BCUT2D eigenvalue weighted by atomic mass is 10.1. The van der Waals surface area contributed by atoms with Gasteiger partial charge in [-0.1, -0.05) is 11.8 Å². The van der Waals surface area contributed by atoms with Gasteiger partial charge >= 0.3 is 0 Å². The molecule has 0 aliphatic carbocycles. The Morgan fingerprint density at radius 1 is 1.52 bits per heavy atom. The van der Waals surface area contributed by atoms with Crippen LogP contribution in [0.2, 0.25) is 0 Å². The highest BCUT2D eigenvalue weighted by Crippen LogP contribution is 2.10. The van der Waals surface area contributed by atoms with Gasteiger partial charge in [0.25, 0.3) is 5.91 Å². The van der Waals surface area contributed by atoms with E-state index >= 15 is 0 Å². The van der Waals surface area contributed by atoms with Crippen LogP contribution in [0.3, 0.4) is 0 Å². The number of rotatable bonds is 3. The van der Waals surface area contributed by atoms with Crippen LogP contribution >= 0.6 is 0 Å². The van der Waals surface area contributed by atoms with E-state index in [1.54, 1.807) is 17.0 Å². The lowest BCUT2D eigenvalue weighted by Gasteiger charge is -2.07. The normalized spacial score (nSPS) is 9.86. The Labute approximate surface area is 121 Å². The summed E-state index contributed by atoms with van der Waals surface area (Å²) in [6.07, 6.45) is 3.39. The van der Waals surface area contributed by atoms with Crippen molar-refractivity contribution in [2.45, 2.75) is 6.54 Å². The second-order valence-corrected chi connectivity index (χ2v) is 4.29. The fraction of sp³-hybridized carbons (Fsp3) is 0.200. The molecule has 1 heterocycles. The van der Waals surface area contributed by atoms with Crippen LogP contribution < -0.4 is 5.32 Å². The van der Waals surface area contributed by atoms with Gasteiger partial charge in [-0.3, -0.25) is 4.79 Å². The van der Waals surface area contributed by atoms with Crippen molar-refractivity contribution in [3.05, 3.63) is 53.4 Å². The average Bonchev–Trinajstić information content (AvgIpc) is 2.88. The van der Waals surface area contributed by atoms with Crippen LogP contribution in [0, 0.1) is 17.7 Å². The summed E-state index contributed by atoms with van der Waals surface area (Å²) in [4.78, 5) is 16.2. The summed E-state index contributed by atoms with van der Waals surface area (Å²) in [5.74, 6) is 4.79. The number of aryl methyl sites for hydroxylation is 1. The van der Waals surface area contributed by atoms with Gasteiger partial charge in [-0.15, -0.1) is 0 Å². The van der Waals surface area contributed by atoms with Crippen LogP contribution in [0.25, 0.3) is 0 Å². The second kappa shape index (κ2) is 6.68. The smallest absolute Gasteiger partial charge is 0.253 e. The predicted molar refractivity (Wildman–Crippen MR) is 74.7 cm³/mol. The van der Waals surface area contributed by atoms with E-state index in [9.17, 15) is 9.18 Å². The average molecular weight is 287 g/mol. The Bertz CT molecular complexity index is 713. The third-order valence-electron chi connectivity index (χ3n) is 2.86. The number of hydrogen-bond acceptors (Lipinski definition) is 3. The van der Waals surface area contributed by atoms with Gasteiger partial charge in [-0.2, -0.15) is 0 Å². The quantitative estimate of drug-likeness (QED) is 0.822. The molecule has 6 heteroatoms. The molecule has 2 aromatic rings. The highest BCUT2D eigenvalue weighted by atomic mass is 19.1. The van der Waals surface area contributed by atoms with Crippen LogP contribution in [0.15, 0.2) is 30.6 Å². The first-order valence-electron chi connectivity index (χ1n) is 6.25. The first-order chi connectivity index (χ1) is 10.1. The molecule has 1 aromatic heterocycles. The van der Waals surface area contributed by atoms with Crippen LogP contribution in [0.4, 0.5) is 4.39 Å². The Hall–Kier alpha value is -2.65. The highest BCUT2D eigenvalue weighted by molar-refractivity contribution is 5.96. The van der Waals surface area contributed by atoms with Crippen molar-refractivity contribution in [2.24, 2.45) is 7.05 Å². The first kappa shape index (κ1) is 14.8. The molecule has 0 bridgehead atoms. The van der Waals surface area contributed by atoms with Crippen molar-refractivity contribution in [3.8, 4) is 11.8 Å². The molecule has 1 amide bonds. The Balaban J connectivity index is 2.18. The fourth-order valence-corrected chi connectivity index (χ4v) is 1.77. The molecule has 0 spiro atoms. The van der Waals surface area contributed by atoms with Crippen molar-refractivity contribution < 1.29 is 14.3 Å². The molecule has 2 rings (SSSR count). The number of carbonyl (C=O) groups excluding carboxylic acids is 1. The van der Waals surface area contributed by atoms with Crippen molar-refractivity contribution in [2.75, 3.05) is 6.61 Å². The molecule has 0 aliphatic rings. The minimum absolute atomic E-state index is 0.130. The van der Waals surface area contributed by atoms with Crippen LogP contribution in [0.1, 0.15) is 21.7 Å². The molecule has 108 valence electrons. The van der Waals surface area contributed by atoms with Gasteiger partial charge in [-0.05, 0) is 18.2 Å². The standard InChI is InChI=1S/C15H14FN3O2/c1-19-7-6-17-14(19)10-18-15(21)13-9-12(16)5-4-11(13)3-2-8-20/h4-7,9,20H,8,10H2,1H3,(H,18,21). The predicted octanol–water partition coefficient (Wildman–Crippen LogP) is 0.833. The van der Waals surface area contributed by atoms with Gasteiger partial charge in [0.2, 0.25) is 0 Å². The molecule has 5 nitrogen and oxygen atoms in total. The van der Waals surface area contributed by atoms with Gasteiger partial charge in [-0.25, -0.2) is 9.37 Å². The Morgan fingerprint density at radius 2 is 2.33 bits per heavy atom. The summed E-state index contributed by atoms with van der Waals surface area (Å²) in [5, 5.41) is 11.4. The highest BCUT2D eigenvalue weighted by Gasteiger charge is 2.12. The number of benzene rings is 1. The number of aliphatic hydroxyl groups excluding tert-OH is 1. The molecule has 0 atom stereocenters. The third kappa shape index (κ3) is 3.68. The van der Waals surface area contributed by atoms with Crippen molar-refractivity contribution >= 4 is 5.91 Å². The van der Waals surface area contributed by atoms with E-state index in [0.29, 0.717) is 11.4 Å². The first-order valence-corrected chi connectivity index (χ1v) is 6.25. The molecule has 0 saturated heterocycles. The molecule has 0 saturated carbocycles. The van der Waals surface area contributed by atoms with Gasteiger partial charge < -0.3 is 15.0 Å². The molecule has 0 radical (unpaired) electrons. The number of halogens is 1. The SMILES string of the molecule is Cn1ccnc1CNC(=O)c1cc(F)ccc1C#CCO. The molecule has 0 fully saturated rings. The van der Waals surface area contributed by atoms with Crippen molar-refractivity contribution in [1.29, 1.82) is 0 Å². The number of aromatic nitrogens is 2. The molecule has 0 unspecified atom stereocenters. The minimum atomic E-state index is -0.522. The number of hydrogen-bond donors (Lipinski definition) is 2. The van der Waals surface area contributed by atoms with Gasteiger partial charge in [0.15, 0.2) is 0 Å². The number of imidazole rings is 1. The largest absolute Gasteiger partial charge is 0.384 e. The summed E-state index contributed by atoms with van der Waals surface area (Å²) in [6.45, 7) is -0.0998. The molecule has 21 heavy (non-hydrogen) atoms. The van der Waals surface area contributed by atoms with E-state index < -0.39 is 11.7 Å². The van der Waals surface area contributed by atoms with Crippen LogP contribution in [-0.2, 0) is 13.6 Å². The minimum Gasteiger partial charge on any atom is -0.384 e. The summed E-state index contributed by atoms with van der Waals surface area (Å²) in [6, 6.07) is 3.75. The molecular formula is C15H14FN3O2. The number of amides is 1. The Morgan fingerprint density at radius 3 is 3.00 bits per heavy atom. The van der Waals surface area contributed by atoms with E-state index in [1.807, 2.05) is 7.05 Å². The van der Waals surface area contributed by atoms with Gasteiger partial charge in [0, 0.05) is 25.0 Å². The number of nitrogens with one attached hydrogen (secondary N) is 1.